The van der Waals surface area contributed by atoms with E-state index >= 15 is 0 Å². The first-order valence-corrected chi connectivity index (χ1v) is 10.6. The predicted octanol–water partition coefficient (Wildman–Crippen LogP) is 4.70. The van der Waals surface area contributed by atoms with E-state index in [-0.39, 0.29) is 11.7 Å². The molecule has 34 heavy (non-hydrogen) atoms. The van der Waals surface area contributed by atoms with Gasteiger partial charge in [0.2, 0.25) is 0 Å². The lowest BCUT2D eigenvalue weighted by Crippen LogP contribution is -2.28. The van der Waals surface area contributed by atoms with Gasteiger partial charge in [-0.25, -0.2) is 19.3 Å². The summed E-state index contributed by atoms with van der Waals surface area (Å²) in [6, 6.07) is 19.8. The second-order valence-electron chi connectivity index (χ2n) is 7.29. The maximum atomic E-state index is 13.1. The molecule has 2 aromatic heterocycles. The summed E-state index contributed by atoms with van der Waals surface area (Å²) in [7, 11) is 0. The molecule has 0 saturated carbocycles. The Kier molecular flexibility index (Phi) is 7.24. The van der Waals surface area contributed by atoms with Crippen LogP contribution in [0.3, 0.4) is 0 Å². The Bertz CT molecular complexity index is 1250. The first-order valence-electron chi connectivity index (χ1n) is 10.6. The van der Waals surface area contributed by atoms with Gasteiger partial charge in [-0.2, -0.15) is 0 Å². The highest BCUT2D eigenvalue weighted by Gasteiger charge is 2.08. The fraction of sp³-hybridized carbons (Fsp3) is 0.120. The van der Waals surface area contributed by atoms with Crippen molar-refractivity contribution in [1.29, 1.82) is 0 Å². The van der Waals surface area contributed by atoms with Crippen LogP contribution < -0.4 is 20.7 Å². The van der Waals surface area contributed by atoms with E-state index in [0.29, 0.717) is 53.4 Å². The van der Waals surface area contributed by atoms with Crippen molar-refractivity contribution in [1.82, 2.24) is 20.3 Å². The molecule has 0 spiro atoms. The Hall–Kier alpha value is -4.53. The van der Waals surface area contributed by atoms with Gasteiger partial charge in [0.1, 0.15) is 40.6 Å². The minimum absolute atomic E-state index is 0.234. The summed E-state index contributed by atoms with van der Waals surface area (Å²) in [5.74, 6) is 2.94. The van der Waals surface area contributed by atoms with Crippen LogP contribution in [-0.4, -0.2) is 33.9 Å². The van der Waals surface area contributed by atoms with Crippen LogP contribution in [0.1, 0.15) is 16.2 Å². The molecule has 0 saturated heterocycles. The number of amides is 1. The van der Waals surface area contributed by atoms with Crippen molar-refractivity contribution in [2.45, 2.75) is 6.92 Å². The second-order valence-corrected chi connectivity index (χ2v) is 7.29. The summed E-state index contributed by atoms with van der Waals surface area (Å²) in [5.41, 5.74) is 0.458. The summed E-state index contributed by atoms with van der Waals surface area (Å²) >= 11 is 0. The van der Waals surface area contributed by atoms with Crippen molar-refractivity contribution in [3.63, 3.8) is 0 Å². The van der Waals surface area contributed by atoms with Crippen molar-refractivity contribution >= 4 is 23.4 Å². The third-order valence-electron chi connectivity index (χ3n) is 4.62. The highest BCUT2D eigenvalue weighted by Crippen LogP contribution is 2.22. The minimum atomic E-state index is -0.341. The largest absolute Gasteiger partial charge is 0.457 e. The standard InChI is InChI=1S/C25H23FN6O2/c1-17-30-23(16-24(31-17)32-22-7-2-3-12-27-22)28-13-14-29-25(33)18-5-4-6-21(15-18)34-20-10-8-19(26)9-11-20/h2-12,15-16H,13-14H2,1H3,(H,29,33)(H2,27,28,30,31,32). The smallest absolute Gasteiger partial charge is 0.251 e. The molecule has 0 bridgehead atoms. The normalized spacial score (nSPS) is 10.4. The van der Waals surface area contributed by atoms with E-state index in [1.807, 2.05) is 18.2 Å². The summed E-state index contributed by atoms with van der Waals surface area (Å²) in [5, 5.41) is 9.18. The number of halogens is 1. The zero-order valence-electron chi connectivity index (χ0n) is 18.5. The molecule has 4 aromatic rings. The molecule has 0 fully saturated rings. The van der Waals surface area contributed by atoms with Crippen molar-refractivity contribution < 1.29 is 13.9 Å². The van der Waals surface area contributed by atoms with Crippen LogP contribution in [0.5, 0.6) is 11.5 Å². The molecular weight excluding hydrogens is 435 g/mol. The SMILES string of the molecule is Cc1nc(NCCNC(=O)c2cccc(Oc3ccc(F)cc3)c2)cc(Nc2ccccn2)n1. The van der Waals surface area contributed by atoms with E-state index in [4.69, 9.17) is 4.74 Å². The maximum absolute atomic E-state index is 13.1. The minimum Gasteiger partial charge on any atom is -0.457 e. The number of rotatable bonds is 9. The molecule has 0 aliphatic rings. The highest BCUT2D eigenvalue weighted by molar-refractivity contribution is 5.94. The first kappa shape index (κ1) is 22.7. The molecule has 0 aliphatic heterocycles. The number of hydrogen-bond donors (Lipinski definition) is 3. The van der Waals surface area contributed by atoms with Gasteiger partial charge in [-0.1, -0.05) is 12.1 Å². The van der Waals surface area contributed by atoms with Crippen LogP contribution in [0.15, 0.2) is 79.0 Å². The van der Waals surface area contributed by atoms with Crippen LogP contribution >= 0.6 is 0 Å². The van der Waals surface area contributed by atoms with Gasteiger partial charge in [-0.05, 0) is 61.5 Å². The van der Waals surface area contributed by atoms with E-state index < -0.39 is 0 Å². The lowest BCUT2D eigenvalue weighted by Gasteiger charge is -2.11. The monoisotopic (exact) mass is 458 g/mol. The van der Waals surface area contributed by atoms with Crippen molar-refractivity contribution in [2.24, 2.45) is 0 Å². The van der Waals surface area contributed by atoms with Crippen molar-refractivity contribution in [3.8, 4) is 11.5 Å². The van der Waals surface area contributed by atoms with Gasteiger partial charge in [0.05, 0.1) is 0 Å². The van der Waals surface area contributed by atoms with Crippen LogP contribution in [-0.2, 0) is 0 Å². The molecule has 3 N–H and O–H groups in total. The van der Waals surface area contributed by atoms with E-state index in [0.717, 1.165) is 0 Å². The fourth-order valence-corrected chi connectivity index (χ4v) is 3.10. The van der Waals surface area contributed by atoms with Crippen molar-refractivity contribution in [3.05, 3.63) is 96.2 Å². The zero-order valence-corrected chi connectivity index (χ0v) is 18.5. The number of aromatic nitrogens is 3. The fourth-order valence-electron chi connectivity index (χ4n) is 3.10. The van der Waals surface area contributed by atoms with Gasteiger partial charge in [0, 0.05) is 30.9 Å². The van der Waals surface area contributed by atoms with Crippen LogP contribution in [0.4, 0.5) is 21.8 Å². The molecule has 0 radical (unpaired) electrons. The maximum Gasteiger partial charge on any atom is 0.251 e. The summed E-state index contributed by atoms with van der Waals surface area (Å²) in [4.78, 5) is 25.5. The molecule has 8 nitrogen and oxygen atoms in total. The summed E-state index contributed by atoms with van der Waals surface area (Å²) in [6.07, 6.45) is 1.70. The molecule has 0 unspecified atom stereocenters. The lowest BCUT2D eigenvalue weighted by molar-refractivity contribution is 0.0955. The average Bonchev–Trinajstić information content (AvgIpc) is 2.84. The Morgan fingerprint density at radius 3 is 2.50 bits per heavy atom. The summed E-state index contributed by atoms with van der Waals surface area (Å²) < 4.78 is 18.7. The van der Waals surface area contributed by atoms with E-state index in [1.165, 1.54) is 24.3 Å². The molecule has 0 atom stereocenters. The Morgan fingerprint density at radius 1 is 0.882 bits per heavy atom. The van der Waals surface area contributed by atoms with Gasteiger partial charge in [-0.3, -0.25) is 4.79 Å². The molecule has 0 aliphatic carbocycles. The molecular formula is C25H23FN6O2. The number of pyridine rings is 1. The molecule has 1 amide bonds. The third-order valence-corrected chi connectivity index (χ3v) is 4.62. The number of carbonyl (C=O) groups is 1. The molecule has 2 aromatic carbocycles. The number of hydrogen-bond acceptors (Lipinski definition) is 7. The first-order chi connectivity index (χ1) is 16.5. The number of aryl methyl sites for hydroxylation is 1. The Morgan fingerprint density at radius 2 is 1.71 bits per heavy atom. The molecule has 172 valence electrons. The van der Waals surface area contributed by atoms with E-state index in [1.54, 1.807) is 43.5 Å². The Labute approximate surface area is 196 Å². The lowest BCUT2D eigenvalue weighted by atomic mass is 10.2. The van der Waals surface area contributed by atoms with Gasteiger partial charge >= 0.3 is 0 Å². The van der Waals surface area contributed by atoms with Gasteiger partial charge < -0.3 is 20.7 Å². The molecule has 4 rings (SSSR count). The van der Waals surface area contributed by atoms with E-state index in [9.17, 15) is 9.18 Å². The van der Waals surface area contributed by atoms with Crippen LogP contribution in [0.2, 0.25) is 0 Å². The van der Waals surface area contributed by atoms with Crippen LogP contribution in [0, 0.1) is 12.7 Å². The van der Waals surface area contributed by atoms with Crippen LogP contribution in [0.25, 0.3) is 0 Å². The number of anilines is 3. The number of nitrogens with zero attached hydrogens (tertiary/aromatic N) is 3. The third kappa shape index (κ3) is 6.49. The second kappa shape index (κ2) is 10.9. The number of nitrogens with one attached hydrogen (secondary N) is 3. The summed E-state index contributed by atoms with van der Waals surface area (Å²) in [6.45, 7) is 2.66. The van der Waals surface area contributed by atoms with Gasteiger partial charge in [0.25, 0.3) is 5.91 Å². The van der Waals surface area contributed by atoms with Crippen molar-refractivity contribution in [2.75, 3.05) is 23.7 Å². The predicted molar refractivity (Wildman–Crippen MR) is 128 cm³/mol. The Balaban J connectivity index is 1.28. The number of carbonyl (C=O) groups excluding carboxylic acids is 1. The molecule has 2 heterocycles. The van der Waals surface area contributed by atoms with Gasteiger partial charge in [-0.15, -0.1) is 0 Å². The average molecular weight is 458 g/mol. The zero-order chi connectivity index (χ0) is 23.8. The molecule has 9 heteroatoms. The quantitative estimate of drug-likeness (QED) is 0.313. The number of ether oxygens (including phenoxy) is 1. The topological polar surface area (TPSA) is 101 Å². The highest BCUT2D eigenvalue weighted by atomic mass is 19.1. The van der Waals surface area contributed by atoms with Gasteiger partial charge in [0.15, 0.2) is 0 Å². The number of benzene rings is 2. The van der Waals surface area contributed by atoms with E-state index in [2.05, 4.69) is 30.9 Å².